The van der Waals surface area contributed by atoms with Gasteiger partial charge in [-0.2, -0.15) is 0 Å². The van der Waals surface area contributed by atoms with Crippen molar-refractivity contribution < 1.29 is 18.7 Å². The van der Waals surface area contributed by atoms with Crippen molar-refractivity contribution in [1.82, 2.24) is 9.88 Å². The van der Waals surface area contributed by atoms with Gasteiger partial charge in [-0.15, -0.1) is 0 Å². The molecule has 0 radical (unpaired) electrons. The summed E-state index contributed by atoms with van der Waals surface area (Å²) in [4.78, 5) is 20.3. The number of likely N-dealkylation sites (tertiary alicyclic amines) is 1. The molecule has 1 aromatic heterocycles. The van der Waals surface area contributed by atoms with Crippen LogP contribution in [0.1, 0.15) is 28.5 Å². The number of amides is 1. The van der Waals surface area contributed by atoms with E-state index >= 15 is 0 Å². The highest BCUT2D eigenvalue weighted by Gasteiger charge is 2.36. The topological polar surface area (TPSA) is 56.7 Å². The first-order valence-corrected chi connectivity index (χ1v) is 7.94. The van der Waals surface area contributed by atoms with E-state index in [-0.39, 0.29) is 24.6 Å². The van der Waals surface area contributed by atoms with Crippen LogP contribution < -0.4 is 4.90 Å². The molecule has 2 aromatic rings. The Hall–Kier alpha value is -2.54. The van der Waals surface area contributed by atoms with Crippen LogP contribution in [0.25, 0.3) is 0 Å². The first-order chi connectivity index (χ1) is 11.9. The van der Waals surface area contributed by atoms with Crippen molar-refractivity contribution in [2.45, 2.75) is 18.6 Å². The first kappa shape index (κ1) is 17.3. The van der Waals surface area contributed by atoms with Gasteiger partial charge in [0.25, 0.3) is 5.91 Å². The van der Waals surface area contributed by atoms with Crippen LogP contribution in [-0.4, -0.2) is 47.6 Å². The van der Waals surface area contributed by atoms with Crippen molar-refractivity contribution in [2.24, 2.45) is 0 Å². The van der Waals surface area contributed by atoms with E-state index in [1.165, 1.54) is 11.0 Å². The molecule has 5 nitrogen and oxygen atoms in total. The summed E-state index contributed by atoms with van der Waals surface area (Å²) in [6, 6.07) is 6.45. The maximum absolute atomic E-state index is 13.6. The molecule has 0 unspecified atom stereocenters. The largest absolute Gasteiger partial charge is 0.391 e. The molecule has 0 aliphatic carbocycles. The van der Waals surface area contributed by atoms with Gasteiger partial charge < -0.3 is 14.9 Å². The number of nitrogens with zero attached hydrogens (tertiary/aromatic N) is 3. The summed E-state index contributed by atoms with van der Waals surface area (Å²) in [5.74, 6) is -2.27. The van der Waals surface area contributed by atoms with E-state index in [2.05, 4.69) is 4.98 Å². The Morgan fingerprint density at radius 3 is 2.68 bits per heavy atom. The fraction of sp³-hybridized carbons (Fsp3) is 0.333. The van der Waals surface area contributed by atoms with Crippen LogP contribution in [0.3, 0.4) is 0 Å². The Bertz CT molecular complexity index is 798. The van der Waals surface area contributed by atoms with Crippen molar-refractivity contribution in [3.63, 3.8) is 0 Å². The average molecular weight is 347 g/mol. The number of aliphatic hydroxyl groups is 1. The van der Waals surface area contributed by atoms with Gasteiger partial charge in [-0.25, -0.2) is 8.78 Å². The third-order valence-electron chi connectivity index (χ3n) is 4.35. The summed E-state index contributed by atoms with van der Waals surface area (Å²) in [7, 11) is 3.71. The summed E-state index contributed by atoms with van der Waals surface area (Å²) < 4.78 is 26.7. The number of rotatable bonds is 3. The van der Waals surface area contributed by atoms with E-state index in [1.54, 1.807) is 18.3 Å². The molecule has 0 spiro atoms. The highest BCUT2D eigenvalue weighted by molar-refractivity contribution is 5.93. The number of hydrogen-bond acceptors (Lipinski definition) is 4. The molecule has 1 fully saturated rings. The van der Waals surface area contributed by atoms with Gasteiger partial charge in [0.1, 0.15) is 5.69 Å². The van der Waals surface area contributed by atoms with Crippen LogP contribution in [0.5, 0.6) is 0 Å². The predicted molar refractivity (Wildman–Crippen MR) is 89.3 cm³/mol. The zero-order valence-corrected chi connectivity index (χ0v) is 14.0. The molecule has 1 aliphatic rings. The molecule has 1 aliphatic heterocycles. The Morgan fingerprint density at radius 1 is 1.24 bits per heavy atom. The molecule has 25 heavy (non-hydrogen) atoms. The van der Waals surface area contributed by atoms with Crippen LogP contribution in [-0.2, 0) is 0 Å². The maximum atomic E-state index is 13.6. The molecule has 2 heterocycles. The van der Waals surface area contributed by atoms with Gasteiger partial charge in [0.2, 0.25) is 0 Å². The van der Waals surface area contributed by atoms with Gasteiger partial charge in [0.05, 0.1) is 12.1 Å². The lowest BCUT2D eigenvalue weighted by Crippen LogP contribution is -2.32. The van der Waals surface area contributed by atoms with Crippen molar-refractivity contribution in [1.29, 1.82) is 0 Å². The molecular weight excluding hydrogens is 328 g/mol. The highest BCUT2D eigenvalue weighted by Crippen LogP contribution is 2.34. The van der Waals surface area contributed by atoms with E-state index in [0.717, 1.165) is 17.8 Å². The summed E-state index contributed by atoms with van der Waals surface area (Å²) in [5, 5.41) is 10.0. The number of anilines is 1. The molecule has 1 N–H and O–H groups in total. The molecule has 1 saturated heterocycles. The Kier molecular flexibility index (Phi) is 4.67. The Morgan fingerprint density at radius 2 is 2.00 bits per heavy atom. The van der Waals surface area contributed by atoms with E-state index in [1.807, 2.05) is 19.0 Å². The number of carbonyl (C=O) groups excluding carboxylic acids is 1. The van der Waals surface area contributed by atoms with E-state index in [9.17, 15) is 18.7 Å². The quantitative estimate of drug-likeness (QED) is 0.926. The van der Waals surface area contributed by atoms with E-state index in [0.29, 0.717) is 5.56 Å². The number of halogens is 2. The molecule has 3 rings (SSSR count). The Balaban J connectivity index is 1.92. The van der Waals surface area contributed by atoms with Crippen molar-refractivity contribution in [2.75, 3.05) is 25.5 Å². The molecular formula is C18H19F2N3O2. The number of hydrogen-bond donors (Lipinski definition) is 1. The minimum Gasteiger partial charge on any atom is -0.391 e. The Labute approximate surface area is 144 Å². The third kappa shape index (κ3) is 3.46. The molecule has 2 atom stereocenters. The van der Waals surface area contributed by atoms with Gasteiger partial charge >= 0.3 is 0 Å². The molecule has 1 amide bonds. The lowest BCUT2D eigenvalue weighted by atomic mass is 10.0. The number of β-amino-alcohol motifs (C(OH)–C–C–N with tert-alkyl or cyclic N) is 1. The van der Waals surface area contributed by atoms with Crippen molar-refractivity contribution in [3.8, 4) is 0 Å². The number of aliphatic hydroxyl groups excluding tert-OH is 1. The highest BCUT2D eigenvalue weighted by atomic mass is 19.2. The second-order valence-electron chi connectivity index (χ2n) is 6.33. The van der Waals surface area contributed by atoms with Gasteiger partial charge in [-0.3, -0.25) is 9.78 Å². The van der Waals surface area contributed by atoms with Crippen LogP contribution in [0.4, 0.5) is 14.5 Å². The zero-order chi connectivity index (χ0) is 18.1. The molecule has 1 aromatic carbocycles. The van der Waals surface area contributed by atoms with Gasteiger partial charge in [0, 0.05) is 32.5 Å². The minimum atomic E-state index is -0.973. The fourth-order valence-electron chi connectivity index (χ4n) is 3.04. The SMILES string of the molecule is CN(C)c1ccnc(C(=O)N2C[C@@H](O)C[C@@H]2c2ccc(F)c(F)c2)c1. The second-order valence-corrected chi connectivity index (χ2v) is 6.33. The molecule has 132 valence electrons. The van der Waals surface area contributed by atoms with Crippen molar-refractivity contribution >= 4 is 11.6 Å². The average Bonchev–Trinajstić information content (AvgIpc) is 2.98. The first-order valence-electron chi connectivity index (χ1n) is 7.94. The summed E-state index contributed by atoms with van der Waals surface area (Å²) in [6.07, 6.45) is 1.09. The van der Waals surface area contributed by atoms with E-state index < -0.39 is 23.8 Å². The van der Waals surface area contributed by atoms with Crippen LogP contribution in [0.15, 0.2) is 36.5 Å². The third-order valence-corrected chi connectivity index (χ3v) is 4.35. The summed E-state index contributed by atoms with van der Waals surface area (Å²) >= 11 is 0. The monoisotopic (exact) mass is 347 g/mol. The van der Waals surface area contributed by atoms with E-state index in [4.69, 9.17) is 0 Å². The van der Waals surface area contributed by atoms with Crippen LogP contribution in [0.2, 0.25) is 0 Å². The normalized spacial score (nSPS) is 20.0. The smallest absolute Gasteiger partial charge is 0.273 e. The molecule has 0 saturated carbocycles. The van der Waals surface area contributed by atoms with Gasteiger partial charge in [-0.05, 0) is 36.2 Å². The summed E-state index contributed by atoms with van der Waals surface area (Å²) in [5.41, 5.74) is 1.52. The molecule has 0 bridgehead atoms. The van der Waals surface area contributed by atoms with Gasteiger partial charge in [0.15, 0.2) is 11.6 Å². The number of benzene rings is 1. The minimum absolute atomic E-state index is 0.121. The van der Waals surface area contributed by atoms with Crippen LogP contribution >= 0.6 is 0 Å². The predicted octanol–water partition coefficient (Wildman–Crippen LogP) is 2.37. The van der Waals surface area contributed by atoms with Gasteiger partial charge in [-0.1, -0.05) is 6.07 Å². The molecule has 7 heteroatoms. The van der Waals surface area contributed by atoms with Crippen LogP contribution in [0, 0.1) is 11.6 Å². The number of aromatic nitrogens is 1. The standard InChI is InChI=1S/C18H19F2N3O2/c1-22(2)12-5-6-21-16(8-12)18(25)23-10-13(24)9-17(23)11-3-4-14(19)15(20)7-11/h3-8,13,17,24H,9-10H2,1-2H3/t13-,17+/m0/s1. The fourth-order valence-corrected chi connectivity index (χ4v) is 3.04. The maximum Gasteiger partial charge on any atom is 0.273 e. The zero-order valence-electron chi connectivity index (χ0n) is 14.0. The summed E-state index contributed by atoms with van der Waals surface area (Å²) in [6.45, 7) is 0.121. The number of pyridine rings is 1. The second kappa shape index (κ2) is 6.76. The lowest BCUT2D eigenvalue weighted by molar-refractivity contribution is 0.0709. The van der Waals surface area contributed by atoms with Crippen molar-refractivity contribution in [3.05, 3.63) is 59.4 Å². The lowest BCUT2D eigenvalue weighted by Gasteiger charge is -2.25. The number of carbonyl (C=O) groups is 1.